The second-order valence-electron chi connectivity index (χ2n) is 16.0. The highest BCUT2D eigenvalue weighted by Gasteiger charge is 2.28. The second kappa shape index (κ2) is 17.2. The van der Waals surface area contributed by atoms with E-state index in [1.54, 1.807) is 16.0 Å². The van der Waals surface area contributed by atoms with Crippen LogP contribution < -0.4 is 10.2 Å². The fraction of sp³-hybridized carbons (Fsp3) is 0.300. The third-order valence-electron chi connectivity index (χ3n) is 12.0. The maximum atomic E-state index is 10.3. The number of fused-ring (bicyclic) bond motifs is 2. The second-order valence-corrected chi connectivity index (χ2v) is 18.1. The van der Waals surface area contributed by atoms with Gasteiger partial charge in [0.2, 0.25) is 5.13 Å². The smallest absolute Gasteiger partial charge is 0.213 e. The standard InChI is InChI=1S/C50H52N10S2/c1-12-34-22-29(7)32(10)37(14-3)45(34)56-47-44(57-58-48-36(25-51)26-52-60(48)50-54-40-19-17-28(6)21-42(40)62-50)31(9)24-43(55-47)59(49-53-39-18-16-27(5)20-41(39)61-49)46-35(13-2)23-30(8)33(11)38(46)15-4/h16-24,26H,12-15H2,1-11H3,(H,55,56). The van der Waals surface area contributed by atoms with E-state index in [0.717, 1.165) is 79.6 Å². The number of hydrogen-bond acceptors (Lipinski definition) is 11. The molecule has 4 aromatic carbocycles. The molecule has 0 spiro atoms. The number of nitrogens with one attached hydrogen (secondary N) is 1. The number of aromatic nitrogens is 5. The number of nitrogens with zero attached hydrogens (tertiary/aromatic N) is 9. The molecule has 0 aliphatic carbocycles. The van der Waals surface area contributed by atoms with E-state index in [1.807, 2.05) is 19.1 Å². The summed E-state index contributed by atoms with van der Waals surface area (Å²) in [5, 5.41) is 29.9. The van der Waals surface area contributed by atoms with Crippen LogP contribution in [-0.4, -0.2) is 24.7 Å². The summed E-state index contributed by atoms with van der Waals surface area (Å²) in [5.41, 5.74) is 18.0. The molecule has 314 valence electrons. The normalized spacial score (nSPS) is 11.6. The summed E-state index contributed by atoms with van der Waals surface area (Å²) in [7, 11) is 0. The molecule has 0 saturated carbocycles. The van der Waals surface area contributed by atoms with Crippen molar-refractivity contribution in [3.63, 3.8) is 0 Å². The maximum Gasteiger partial charge on any atom is 0.213 e. The Morgan fingerprint density at radius 3 is 1.97 bits per heavy atom. The highest BCUT2D eigenvalue weighted by molar-refractivity contribution is 7.22. The van der Waals surface area contributed by atoms with Crippen molar-refractivity contribution in [3.8, 4) is 11.2 Å². The summed E-state index contributed by atoms with van der Waals surface area (Å²) in [5.74, 6) is 1.58. The van der Waals surface area contributed by atoms with E-state index in [2.05, 4.69) is 133 Å². The van der Waals surface area contributed by atoms with Crippen molar-refractivity contribution in [1.29, 1.82) is 5.26 Å². The van der Waals surface area contributed by atoms with E-state index in [1.165, 1.54) is 67.6 Å². The summed E-state index contributed by atoms with van der Waals surface area (Å²) in [6, 6.07) is 21.5. The van der Waals surface area contributed by atoms with Crippen LogP contribution in [0, 0.1) is 59.8 Å². The summed E-state index contributed by atoms with van der Waals surface area (Å²) >= 11 is 3.17. The number of hydrogen-bond donors (Lipinski definition) is 1. The van der Waals surface area contributed by atoms with E-state index in [4.69, 9.17) is 25.2 Å². The number of anilines is 5. The lowest BCUT2D eigenvalue weighted by atomic mass is 9.93. The largest absolute Gasteiger partial charge is 0.338 e. The van der Waals surface area contributed by atoms with E-state index >= 15 is 0 Å². The molecular weight excluding hydrogens is 805 g/mol. The molecule has 0 aliphatic heterocycles. The van der Waals surface area contributed by atoms with Gasteiger partial charge in [-0.3, -0.25) is 4.90 Å². The predicted octanol–water partition coefficient (Wildman–Crippen LogP) is 14.4. The van der Waals surface area contributed by atoms with Gasteiger partial charge in [0, 0.05) is 5.69 Å². The summed E-state index contributed by atoms with van der Waals surface area (Å²) in [6.07, 6.45) is 4.87. The number of azo groups is 1. The predicted molar refractivity (Wildman–Crippen MR) is 258 cm³/mol. The molecule has 12 heteroatoms. The van der Waals surface area contributed by atoms with Crippen LogP contribution >= 0.6 is 22.7 Å². The third-order valence-corrected chi connectivity index (χ3v) is 14.0. The van der Waals surface area contributed by atoms with Gasteiger partial charge in [-0.2, -0.15) is 15.0 Å². The SMILES string of the molecule is CCc1cc(C)c(C)c(CC)c1Nc1nc(N(c2nc3ccc(C)cc3s2)c2c(CC)cc(C)c(C)c2CC)cc(C)c1N=Nc1c(C#N)cnn1-c1nc2ccc(C)cc2s1. The molecule has 0 unspecified atom stereocenters. The average Bonchev–Trinajstić information content (AvgIpc) is 3.99. The topological polar surface area (TPSA) is 120 Å². The first-order chi connectivity index (χ1) is 29.9. The van der Waals surface area contributed by atoms with E-state index in [-0.39, 0.29) is 0 Å². The number of nitriles is 1. The summed E-state index contributed by atoms with van der Waals surface area (Å²) in [6.45, 7) is 23.9. The first-order valence-corrected chi connectivity index (χ1v) is 23.0. The molecule has 0 saturated heterocycles. The zero-order chi connectivity index (χ0) is 44.0. The lowest BCUT2D eigenvalue weighted by Crippen LogP contribution is -2.18. The van der Waals surface area contributed by atoms with Gasteiger partial charge in [-0.15, -0.1) is 10.2 Å². The van der Waals surface area contributed by atoms with Gasteiger partial charge in [-0.05, 0) is 166 Å². The lowest BCUT2D eigenvalue weighted by molar-refractivity contribution is 0.863. The van der Waals surface area contributed by atoms with Crippen molar-refractivity contribution in [2.75, 3.05) is 10.2 Å². The Morgan fingerprint density at radius 2 is 1.32 bits per heavy atom. The highest BCUT2D eigenvalue weighted by Crippen LogP contribution is 2.47. The van der Waals surface area contributed by atoms with Crippen molar-refractivity contribution < 1.29 is 0 Å². The summed E-state index contributed by atoms with van der Waals surface area (Å²) < 4.78 is 3.75. The molecule has 1 N–H and O–H groups in total. The molecule has 0 fully saturated rings. The Bertz CT molecular complexity index is 3110. The Morgan fingerprint density at radius 1 is 0.694 bits per heavy atom. The molecule has 0 bridgehead atoms. The Kier molecular flexibility index (Phi) is 11.8. The highest BCUT2D eigenvalue weighted by atomic mass is 32.1. The van der Waals surface area contributed by atoms with Gasteiger partial charge in [0.25, 0.3) is 0 Å². The number of pyridine rings is 1. The molecule has 4 aromatic heterocycles. The van der Waals surface area contributed by atoms with Crippen molar-refractivity contribution in [2.24, 2.45) is 10.2 Å². The monoisotopic (exact) mass is 856 g/mol. The zero-order valence-electron chi connectivity index (χ0n) is 37.4. The molecule has 0 aliphatic rings. The number of aryl methyl sites for hydroxylation is 7. The van der Waals surface area contributed by atoms with Crippen LogP contribution in [0.15, 0.2) is 71.0 Å². The quantitative estimate of drug-likeness (QED) is 0.121. The molecule has 8 rings (SSSR count). The van der Waals surface area contributed by atoms with Crippen LogP contribution in [0.2, 0.25) is 0 Å². The van der Waals surface area contributed by atoms with Gasteiger partial charge in [-0.25, -0.2) is 15.0 Å². The van der Waals surface area contributed by atoms with Gasteiger partial charge in [0.15, 0.2) is 16.8 Å². The van der Waals surface area contributed by atoms with E-state index < -0.39 is 0 Å². The maximum absolute atomic E-state index is 10.3. The third kappa shape index (κ3) is 7.65. The van der Waals surface area contributed by atoms with Gasteiger partial charge < -0.3 is 5.32 Å². The molecule has 10 nitrogen and oxygen atoms in total. The molecular formula is C50H52N10S2. The Labute approximate surface area is 372 Å². The van der Waals surface area contributed by atoms with E-state index in [0.29, 0.717) is 28.0 Å². The van der Waals surface area contributed by atoms with Crippen molar-refractivity contribution in [2.45, 2.75) is 102 Å². The molecule has 0 atom stereocenters. The minimum absolute atomic E-state index is 0.294. The van der Waals surface area contributed by atoms with Crippen LogP contribution in [0.5, 0.6) is 0 Å². The first kappa shape index (κ1) is 42.4. The number of thiazole rings is 2. The van der Waals surface area contributed by atoms with Crippen molar-refractivity contribution >= 4 is 82.8 Å². The van der Waals surface area contributed by atoms with Crippen molar-refractivity contribution in [1.82, 2.24) is 24.7 Å². The molecule has 0 radical (unpaired) electrons. The van der Waals surface area contributed by atoms with Crippen LogP contribution in [-0.2, 0) is 25.7 Å². The fourth-order valence-electron chi connectivity index (χ4n) is 8.35. The molecule has 4 heterocycles. The Hall–Kier alpha value is -6.29. The van der Waals surface area contributed by atoms with Gasteiger partial charge in [0.1, 0.15) is 23.1 Å². The number of benzene rings is 4. The van der Waals surface area contributed by atoms with Crippen LogP contribution in [0.3, 0.4) is 0 Å². The first-order valence-electron chi connectivity index (χ1n) is 21.3. The number of rotatable bonds is 12. The Balaban J connectivity index is 1.38. The van der Waals surface area contributed by atoms with Crippen LogP contribution in [0.25, 0.3) is 25.6 Å². The zero-order valence-corrected chi connectivity index (χ0v) is 39.1. The van der Waals surface area contributed by atoms with E-state index in [9.17, 15) is 5.26 Å². The molecule has 8 aromatic rings. The average molecular weight is 857 g/mol. The van der Waals surface area contributed by atoms with Gasteiger partial charge >= 0.3 is 0 Å². The van der Waals surface area contributed by atoms with Gasteiger partial charge in [-0.1, -0.05) is 74.6 Å². The van der Waals surface area contributed by atoms with Crippen LogP contribution in [0.1, 0.15) is 94.5 Å². The lowest BCUT2D eigenvalue weighted by Gasteiger charge is -2.29. The fourth-order valence-corrected chi connectivity index (χ4v) is 10.5. The van der Waals surface area contributed by atoms with Gasteiger partial charge in [0.05, 0.1) is 32.3 Å². The van der Waals surface area contributed by atoms with Crippen LogP contribution in [0.4, 0.5) is 39.6 Å². The minimum Gasteiger partial charge on any atom is -0.338 e. The van der Waals surface area contributed by atoms with Crippen molar-refractivity contribution in [3.05, 3.63) is 128 Å². The summed E-state index contributed by atoms with van der Waals surface area (Å²) in [4.78, 5) is 18.0. The molecule has 62 heavy (non-hydrogen) atoms. The molecule has 0 amide bonds. The minimum atomic E-state index is 0.294.